The van der Waals surface area contributed by atoms with Gasteiger partial charge < -0.3 is 29.5 Å². The molecule has 21 nitrogen and oxygen atoms in total. The molecule has 0 aliphatic heterocycles. The molecule has 3 amide bonds. The first-order valence-corrected chi connectivity index (χ1v) is 25.3. The first kappa shape index (κ1) is 54.9. The van der Waals surface area contributed by atoms with Crippen molar-refractivity contribution < 1.29 is 28.0 Å². The summed E-state index contributed by atoms with van der Waals surface area (Å²) in [6.45, 7) is 22.7. The molecular formula is C55H65N15O6. The summed E-state index contributed by atoms with van der Waals surface area (Å²) >= 11 is 0. The molecule has 3 unspecified atom stereocenters. The van der Waals surface area contributed by atoms with E-state index in [1.165, 1.54) is 0 Å². The average molecular weight is 1030 g/mol. The maximum absolute atomic E-state index is 12.5. The van der Waals surface area contributed by atoms with Crippen molar-refractivity contribution in [2.24, 2.45) is 7.05 Å². The summed E-state index contributed by atoms with van der Waals surface area (Å²) in [5.74, 6) is 1.93. The fraction of sp³-hybridized carbons (Fsp3) is 0.345. The lowest BCUT2D eigenvalue weighted by molar-refractivity contribution is 0.0916. The van der Waals surface area contributed by atoms with E-state index in [1.807, 2.05) is 160 Å². The van der Waals surface area contributed by atoms with Gasteiger partial charge in [-0.3, -0.25) is 28.4 Å². The Morgan fingerprint density at radius 2 is 1.09 bits per heavy atom. The Kier molecular flexibility index (Phi) is 18.0. The zero-order chi connectivity index (χ0) is 54.6. The van der Waals surface area contributed by atoms with Crippen LogP contribution in [0.1, 0.15) is 149 Å². The van der Waals surface area contributed by atoms with Gasteiger partial charge in [-0.15, -0.1) is 0 Å². The highest BCUT2D eigenvalue weighted by molar-refractivity contribution is 5.95. The van der Waals surface area contributed by atoms with Gasteiger partial charge in [0.05, 0.1) is 17.0 Å². The van der Waals surface area contributed by atoms with E-state index in [-0.39, 0.29) is 17.7 Å². The standard InChI is InChI=1S/C19H23N5O2.2C18H21N5O2/c1-5-15-11-16(22-24(15)6-2)18(25)20-13(4)19-21-17(23-26-19)14-9-7-12(3)8-10-14;1-5-23-10-15(12(3)21-23)17(24)19-13(4)18-20-16(22-25-18)14-8-6-11(2)7-9-14;1-5-13-10-15(23(4)21-13)17(24)19-12(3)18-20-16(22-25-18)14-9-7-6-8-11(14)2/h7-11,13H,5-6H2,1-4H3,(H,20,25);6-10,13H,5H2,1-4H3,(H,19,24);6-10,12H,5H2,1-4H3,(H,19,24). The van der Waals surface area contributed by atoms with Crippen molar-refractivity contribution in [1.82, 2.24) is 75.7 Å². The molecule has 3 N–H and O–H groups in total. The third-order valence-corrected chi connectivity index (χ3v) is 12.3. The van der Waals surface area contributed by atoms with Crippen LogP contribution in [0.3, 0.4) is 0 Å². The Morgan fingerprint density at radius 1 is 0.579 bits per heavy atom. The van der Waals surface area contributed by atoms with E-state index in [9.17, 15) is 14.4 Å². The highest BCUT2D eigenvalue weighted by Crippen LogP contribution is 2.24. The first-order valence-electron chi connectivity index (χ1n) is 25.3. The highest BCUT2D eigenvalue weighted by atomic mass is 16.5. The van der Waals surface area contributed by atoms with Gasteiger partial charge in [0.1, 0.15) is 29.5 Å². The molecule has 3 atom stereocenters. The SMILES string of the molecule is CCc1cc(C(=O)NC(C)c2nc(-c3ccc(C)cc3)no2)nn1CC.CCc1cc(C(=O)NC(C)c2nc(-c3ccccc3C)no2)n(C)n1.CCn1cc(C(=O)NC(C)c2nc(-c3ccc(C)cc3)no2)c(C)n1. The summed E-state index contributed by atoms with van der Waals surface area (Å²) in [5, 5.41) is 33.6. The number of nitrogens with one attached hydrogen (secondary N) is 3. The van der Waals surface area contributed by atoms with E-state index in [2.05, 4.69) is 61.7 Å². The number of hydrogen-bond acceptors (Lipinski definition) is 15. The average Bonchev–Trinajstić information content (AvgIpc) is 4.29. The van der Waals surface area contributed by atoms with Crippen molar-refractivity contribution in [2.75, 3.05) is 0 Å². The predicted molar refractivity (Wildman–Crippen MR) is 284 cm³/mol. The predicted octanol–water partition coefficient (Wildman–Crippen LogP) is 9.21. The Labute approximate surface area is 440 Å². The van der Waals surface area contributed by atoms with Gasteiger partial charge in [-0.25, -0.2) is 0 Å². The molecule has 0 spiro atoms. The summed E-state index contributed by atoms with van der Waals surface area (Å²) in [5.41, 5.74) is 10.1. The molecule has 0 fully saturated rings. The highest BCUT2D eigenvalue weighted by Gasteiger charge is 2.24. The molecule has 3 aromatic carbocycles. The number of nitrogens with zero attached hydrogens (tertiary/aromatic N) is 12. The lowest BCUT2D eigenvalue weighted by Crippen LogP contribution is -2.28. The Balaban J connectivity index is 0.000000166. The lowest BCUT2D eigenvalue weighted by Gasteiger charge is -2.09. The summed E-state index contributed by atoms with van der Waals surface area (Å²) < 4.78 is 21.1. The second kappa shape index (κ2) is 24.9. The smallest absolute Gasteiger partial charge is 0.272 e. The van der Waals surface area contributed by atoms with Crippen LogP contribution in [-0.2, 0) is 33.0 Å². The van der Waals surface area contributed by atoms with Crippen LogP contribution in [0.15, 0.2) is 105 Å². The minimum absolute atomic E-state index is 0.209. The molecule has 396 valence electrons. The maximum atomic E-state index is 12.5. The molecule has 0 aliphatic rings. The van der Waals surface area contributed by atoms with Crippen LogP contribution in [0, 0.1) is 27.7 Å². The number of amides is 3. The zero-order valence-corrected chi connectivity index (χ0v) is 45.0. The monoisotopic (exact) mass is 1030 g/mol. The third-order valence-electron chi connectivity index (χ3n) is 12.3. The van der Waals surface area contributed by atoms with Crippen molar-refractivity contribution in [3.05, 3.63) is 160 Å². The number of rotatable bonds is 16. The van der Waals surface area contributed by atoms with E-state index in [1.54, 1.807) is 28.7 Å². The number of carbonyl (C=O) groups is 3. The fourth-order valence-corrected chi connectivity index (χ4v) is 7.75. The molecule has 0 aliphatic carbocycles. The molecule has 76 heavy (non-hydrogen) atoms. The molecular weight excluding hydrogens is 967 g/mol. The summed E-state index contributed by atoms with van der Waals surface area (Å²) in [6, 6.07) is 25.9. The van der Waals surface area contributed by atoms with Crippen LogP contribution < -0.4 is 16.0 Å². The van der Waals surface area contributed by atoms with Crippen molar-refractivity contribution in [1.29, 1.82) is 0 Å². The lowest BCUT2D eigenvalue weighted by atomic mass is 10.1. The summed E-state index contributed by atoms with van der Waals surface area (Å²) in [7, 11) is 1.75. The van der Waals surface area contributed by atoms with Gasteiger partial charge in [-0.1, -0.05) is 113 Å². The van der Waals surface area contributed by atoms with E-state index < -0.39 is 18.1 Å². The molecule has 0 radical (unpaired) electrons. The van der Waals surface area contributed by atoms with Crippen molar-refractivity contribution in [3.63, 3.8) is 0 Å². The van der Waals surface area contributed by atoms with Gasteiger partial charge in [0.2, 0.25) is 35.1 Å². The van der Waals surface area contributed by atoms with Gasteiger partial charge in [0.25, 0.3) is 17.7 Å². The van der Waals surface area contributed by atoms with Gasteiger partial charge in [0.15, 0.2) is 0 Å². The third kappa shape index (κ3) is 13.4. The Hall–Kier alpha value is -8.88. The topological polar surface area (TPSA) is 258 Å². The minimum atomic E-state index is -0.411. The van der Waals surface area contributed by atoms with E-state index in [0.29, 0.717) is 64.3 Å². The molecule has 9 rings (SSSR count). The zero-order valence-electron chi connectivity index (χ0n) is 45.0. The van der Waals surface area contributed by atoms with E-state index in [4.69, 9.17) is 13.6 Å². The quantitative estimate of drug-likeness (QED) is 0.0815. The Morgan fingerprint density at radius 3 is 1.57 bits per heavy atom. The van der Waals surface area contributed by atoms with Gasteiger partial charge in [0, 0.05) is 48.7 Å². The van der Waals surface area contributed by atoms with Gasteiger partial charge >= 0.3 is 0 Å². The number of carbonyl (C=O) groups excluding carboxylic acids is 3. The number of benzene rings is 3. The van der Waals surface area contributed by atoms with Crippen molar-refractivity contribution in [2.45, 2.75) is 120 Å². The minimum Gasteiger partial charge on any atom is -0.340 e. The molecule has 0 saturated heterocycles. The number of aryl methyl sites for hydroxylation is 9. The fourth-order valence-electron chi connectivity index (χ4n) is 7.75. The molecule has 21 heteroatoms. The Bertz CT molecular complexity index is 3360. The van der Waals surface area contributed by atoms with Crippen LogP contribution in [0.5, 0.6) is 0 Å². The molecule has 6 heterocycles. The summed E-state index contributed by atoms with van der Waals surface area (Å²) in [6.07, 6.45) is 3.34. The molecule has 6 aromatic heterocycles. The first-order chi connectivity index (χ1) is 36.5. The van der Waals surface area contributed by atoms with Crippen LogP contribution >= 0.6 is 0 Å². The second-order valence-corrected chi connectivity index (χ2v) is 18.2. The molecule has 9 aromatic rings. The van der Waals surface area contributed by atoms with Crippen LogP contribution in [0.4, 0.5) is 0 Å². The van der Waals surface area contributed by atoms with Crippen LogP contribution in [0.25, 0.3) is 34.2 Å². The number of aromatic nitrogens is 12. The van der Waals surface area contributed by atoms with Crippen LogP contribution in [0.2, 0.25) is 0 Å². The van der Waals surface area contributed by atoms with Crippen LogP contribution in [-0.4, -0.2) is 77.5 Å². The van der Waals surface area contributed by atoms with Crippen molar-refractivity contribution >= 4 is 17.7 Å². The van der Waals surface area contributed by atoms with E-state index in [0.717, 1.165) is 64.2 Å². The largest absolute Gasteiger partial charge is 0.340 e. The molecule has 0 saturated carbocycles. The van der Waals surface area contributed by atoms with E-state index >= 15 is 0 Å². The summed E-state index contributed by atoms with van der Waals surface area (Å²) in [4.78, 5) is 50.5. The van der Waals surface area contributed by atoms with Gasteiger partial charge in [-0.2, -0.15) is 30.2 Å². The normalized spacial score (nSPS) is 12.2. The second-order valence-electron chi connectivity index (χ2n) is 18.2. The maximum Gasteiger partial charge on any atom is 0.272 e. The van der Waals surface area contributed by atoms with Crippen molar-refractivity contribution in [3.8, 4) is 34.2 Å². The molecule has 0 bridgehead atoms. The van der Waals surface area contributed by atoms with Gasteiger partial charge in [-0.05, 0) is 92.9 Å². The number of hydrogen-bond donors (Lipinski definition) is 3.